The van der Waals surface area contributed by atoms with Crippen LogP contribution in [-0.4, -0.2) is 54.9 Å². The molecule has 3 aliphatic rings. The molecule has 1 fully saturated rings. The van der Waals surface area contributed by atoms with Crippen molar-refractivity contribution in [2.24, 2.45) is 4.99 Å². The number of likely N-dealkylation sites (tertiary alicyclic amines) is 1. The third-order valence-electron chi connectivity index (χ3n) is 7.20. The molecular weight excluding hydrogens is 456 g/mol. The summed E-state index contributed by atoms with van der Waals surface area (Å²) in [5, 5.41) is 5.46. The van der Waals surface area contributed by atoms with Crippen molar-refractivity contribution < 1.29 is 0 Å². The maximum Gasteiger partial charge on any atom is 0.158 e. The fourth-order valence-electron chi connectivity index (χ4n) is 5.24. The SMILES string of the molecule is C=C/C=C(\C=C)c1cc2c(nc1C(/C=C\CCN1CCCC(NC)CC1)=C/CC)N1NC(C)C=C1N=C2. The number of hydrogen-bond donors (Lipinski definition) is 2. The van der Waals surface area contributed by atoms with Gasteiger partial charge in [-0.15, -0.1) is 0 Å². The molecule has 4 rings (SSSR count). The summed E-state index contributed by atoms with van der Waals surface area (Å²) >= 11 is 0. The molecule has 0 aliphatic carbocycles. The van der Waals surface area contributed by atoms with Gasteiger partial charge in [0.15, 0.2) is 5.82 Å². The van der Waals surface area contributed by atoms with Crippen LogP contribution in [0.2, 0.25) is 0 Å². The zero-order chi connectivity index (χ0) is 26.2. The van der Waals surface area contributed by atoms with Gasteiger partial charge in [0.25, 0.3) is 0 Å². The number of fused-ring (bicyclic) bond motifs is 3. The normalized spacial score (nSPS) is 22.6. The summed E-state index contributed by atoms with van der Waals surface area (Å²) in [5.74, 6) is 1.77. The molecule has 3 aliphatic heterocycles. The second-order valence-corrected chi connectivity index (χ2v) is 9.91. The van der Waals surface area contributed by atoms with Gasteiger partial charge in [-0.05, 0) is 82.5 Å². The number of nitrogens with one attached hydrogen (secondary N) is 2. The van der Waals surface area contributed by atoms with Gasteiger partial charge in [-0.25, -0.2) is 20.4 Å². The summed E-state index contributed by atoms with van der Waals surface area (Å²) in [5.41, 5.74) is 8.56. The smallest absolute Gasteiger partial charge is 0.158 e. The number of allylic oxidation sites excluding steroid dienone is 7. The van der Waals surface area contributed by atoms with Crippen molar-refractivity contribution in [2.45, 2.75) is 58.0 Å². The van der Waals surface area contributed by atoms with Crippen molar-refractivity contribution in [3.05, 3.63) is 84.4 Å². The first-order valence-corrected chi connectivity index (χ1v) is 13.7. The van der Waals surface area contributed by atoms with Crippen LogP contribution in [0.1, 0.15) is 62.8 Å². The zero-order valence-corrected chi connectivity index (χ0v) is 22.7. The number of hydrogen-bond acceptors (Lipinski definition) is 6. The highest BCUT2D eigenvalue weighted by Crippen LogP contribution is 2.35. The van der Waals surface area contributed by atoms with E-state index >= 15 is 0 Å². The first-order chi connectivity index (χ1) is 18.1. The number of rotatable bonds is 10. The molecular formula is C31H42N6. The Hall–Kier alpha value is -3.06. The van der Waals surface area contributed by atoms with Crippen LogP contribution in [0.3, 0.4) is 0 Å². The molecule has 196 valence electrons. The molecule has 0 radical (unpaired) electrons. The van der Waals surface area contributed by atoms with Gasteiger partial charge in [-0.2, -0.15) is 0 Å². The fourth-order valence-corrected chi connectivity index (χ4v) is 5.24. The van der Waals surface area contributed by atoms with Gasteiger partial charge in [0.2, 0.25) is 0 Å². The number of anilines is 1. The average Bonchev–Trinajstić information content (AvgIpc) is 3.14. The van der Waals surface area contributed by atoms with E-state index in [1.165, 1.54) is 32.4 Å². The van der Waals surface area contributed by atoms with E-state index < -0.39 is 0 Å². The van der Waals surface area contributed by atoms with Gasteiger partial charge < -0.3 is 10.2 Å². The average molecular weight is 499 g/mol. The van der Waals surface area contributed by atoms with Crippen molar-refractivity contribution >= 4 is 23.2 Å². The van der Waals surface area contributed by atoms with Gasteiger partial charge >= 0.3 is 0 Å². The summed E-state index contributed by atoms with van der Waals surface area (Å²) in [6.45, 7) is 15.7. The highest BCUT2D eigenvalue weighted by atomic mass is 15.6. The van der Waals surface area contributed by atoms with Crippen molar-refractivity contribution in [1.82, 2.24) is 20.6 Å². The number of aliphatic imine (C=N–C) groups is 1. The van der Waals surface area contributed by atoms with Gasteiger partial charge in [0.05, 0.1) is 5.69 Å². The number of nitrogens with zero attached hydrogens (tertiary/aromatic N) is 4. The molecule has 0 saturated carbocycles. The lowest BCUT2D eigenvalue weighted by molar-refractivity contribution is 0.288. The Labute approximate surface area is 222 Å². The van der Waals surface area contributed by atoms with Crippen LogP contribution in [0, 0.1) is 0 Å². The Balaban J connectivity index is 1.62. The highest BCUT2D eigenvalue weighted by molar-refractivity contribution is 5.95. The molecule has 0 aromatic carbocycles. The first kappa shape index (κ1) is 27.0. The lowest BCUT2D eigenvalue weighted by atomic mass is 9.95. The van der Waals surface area contributed by atoms with Crippen LogP contribution < -0.4 is 15.8 Å². The molecule has 2 unspecified atom stereocenters. The van der Waals surface area contributed by atoms with Crippen molar-refractivity contribution in [3.8, 4) is 0 Å². The summed E-state index contributed by atoms with van der Waals surface area (Å²) < 4.78 is 0. The van der Waals surface area contributed by atoms with Gasteiger partial charge in [-0.1, -0.05) is 56.5 Å². The largest absolute Gasteiger partial charge is 0.317 e. The van der Waals surface area contributed by atoms with Crippen molar-refractivity contribution in [1.29, 1.82) is 0 Å². The number of hydrazine groups is 1. The van der Waals surface area contributed by atoms with Crippen LogP contribution in [-0.2, 0) is 0 Å². The second kappa shape index (κ2) is 13.0. The van der Waals surface area contributed by atoms with Gasteiger partial charge in [0.1, 0.15) is 5.82 Å². The van der Waals surface area contributed by atoms with Gasteiger partial charge in [-0.3, -0.25) is 0 Å². The second-order valence-electron chi connectivity index (χ2n) is 9.91. The molecule has 6 nitrogen and oxygen atoms in total. The maximum atomic E-state index is 5.23. The fraction of sp³-hybridized carbons (Fsp3) is 0.419. The minimum absolute atomic E-state index is 0.209. The molecule has 2 atom stereocenters. The summed E-state index contributed by atoms with van der Waals surface area (Å²) in [4.78, 5) is 12.5. The first-order valence-electron chi connectivity index (χ1n) is 13.7. The molecule has 6 heteroatoms. The van der Waals surface area contributed by atoms with Crippen molar-refractivity contribution in [3.63, 3.8) is 0 Å². The topological polar surface area (TPSA) is 55.8 Å². The Morgan fingerprint density at radius 1 is 1.24 bits per heavy atom. The molecule has 0 amide bonds. The van der Waals surface area contributed by atoms with E-state index in [2.05, 4.69) is 85.1 Å². The maximum absolute atomic E-state index is 5.23. The predicted molar refractivity (Wildman–Crippen MR) is 159 cm³/mol. The van der Waals surface area contributed by atoms with Gasteiger partial charge in [0, 0.05) is 36.0 Å². The monoisotopic (exact) mass is 498 g/mol. The molecule has 0 bridgehead atoms. The van der Waals surface area contributed by atoms with E-state index in [1.807, 2.05) is 23.4 Å². The number of aromatic nitrogens is 1. The van der Waals surface area contributed by atoms with E-state index in [0.29, 0.717) is 6.04 Å². The molecule has 0 spiro atoms. The standard InChI is InChI=1S/C31H42N6/c1-6-12-24(8-3)28-21-26-22-33-29-20-23(4)35-37(29)31(26)34-30(28)25(13-7-2)14-9-10-17-36-18-11-15-27(32-5)16-19-36/h6,8-9,12-14,20-23,27,32,35H,1,3,7,10-11,15-19H2,2,4-5H3/b14-9-,24-12+,25-13+. The summed E-state index contributed by atoms with van der Waals surface area (Å²) in [6.07, 6.45) is 22.2. The molecule has 2 N–H and O–H groups in total. The highest BCUT2D eigenvalue weighted by Gasteiger charge is 2.28. The molecule has 1 saturated heterocycles. The zero-order valence-electron chi connectivity index (χ0n) is 22.7. The van der Waals surface area contributed by atoms with Crippen LogP contribution in [0.4, 0.5) is 5.82 Å². The predicted octanol–water partition coefficient (Wildman–Crippen LogP) is 5.64. The van der Waals surface area contributed by atoms with Crippen LogP contribution in [0.5, 0.6) is 0 Å². The van der Waals surface area contributed by atoms with Crippen molar-refractivity contribution in [2.75, 3.05) is 31.7 Å². The molecule has 1 aromatic rings. The van der Waals surface area contributed by atoms with E-state index in [0.717, 1.165) is 59.0 Å². The van der Waals surface area contributed by atoms with Crippen LogP contribution in [0.25, 0.3) is 11.1 Å². The summed E-state index contributed by atoms with van der Waals surface area (Å²) in [6, 6.07) is 3.04. The lowest BCUT2D eigenvalue weighted by Gasteiger charge is -2.26. The quantitative estimate of drug-likeness (QED) is 0.409. The summed E-state index contributed by atoms with van der Waals surface area (Å²) in [7, 11) is 2.08. The Kier molecular flexibility index (Phi) is 9.45. The van der Waals surface area contributed by atoms with Crippen LogP contribution >= 0.6 is 0 Å². The minimum Gasteiger partial charge on any atom is -0.317 e. The third-order valence-corrected chi connectivity index (χ3v) is 7.20. The van der Waals surface area contributed by atoms with Crippen LogP contribution in [0.15, 0.2) is 72.6 Å². The molecule has 1 aromatic heterocycles. The Morgan fingerprint density at radius 2 is 2.11 bits per heavy atom. The van der Waals surface area contributed by atoms with E-state index in [1.54, 1.807) is 6.08 Å². The third kappa shape index (κ3) is 6.45. The Morgan fingerprint density at radius 3 is 2.86 bits per heavy atom. The number of pyridine rings is 1. The minimum atomic E-state index is 0.209. The Bertz CT molecular complexity index is 1140. The van der Waals surface area contributed by atoms with E-state index in [4.69, 9.17) is 4.98 Å². The van der Waals surface area contributed by atoms with E-state index in [-0.39, 0.29) is 6.04 Å². The molecule has 37 heavy (non-hydrogen) atoms. The van der Waals surface area contributed by atoms with E-state index in [9.17, 15) is 0 Å². The lowest BCUT2D eigenvalue weighted by Crippen LogP contribution is -2.38. The molecule has 4 heterocycles.